The highest BCUT2D eigenvalue weighted by Gasteiger charge is 2.29. The van der Waals surface area contributed by atoms with Gasteiger partial charge in [-0.2, -0.15) is 0 Å². The minimum atomic E-state index is -3.69. The SMILES string of the molecule is COc1cccc(C(=O)Nc2ccc3c(c2)N(S(=O)(=O)c2ccc(C)cc2)CCC3)c1. The molecule has 31 heavy (non-hydrogen) atoms. The summed E-state index contributed by atoms with van der Waals surface area (Å²) in [5.74, 6) is 0.302. The Balaban J connectivity index is 1.65. The molecule has 4 rings (SSSR count). The van der Waals surface area contributed by atoms with Crippen molar-refractivity contribution in [3.05, 3.63) is 83.4 Å². The predicted octanol–water partition coefficient (Wildman–Crippen LogP) is 4.40. The van der Waals surface area contributed by atoms with Crippen molar-refractivity contribution in [1.82, 2.24) is 0 Å². The zero-order valence-electron chi connectivity index (χ0n) is 17.5. The van der Waals surface area contributed by atoms with Gasteiger partial charge < -0.3 is 10.1 Å². The molecule has 7 heteroatoms. The normalized spacial score (nSPS) is 13.4. The summed E-state index contributed by atoms with van der Waals surface area (Å²) in [6.07, 6.45) is 1.53. The Labute approximate surface area is 182 Å². The van der Waals surface area contributed by atoms with E-state index in [1.807, 2.05) is 13.0 Å². The lowest BCUT2D eigenvalue weighted by molar-refractivity contribution is 0.102. The van der Waals surface area contributed by atoms with Crippen molar-refractivity contribution in [2.75, 3.05) is 23.3 Å². The number of nitrogens with zero attached hydrogens (tertiary/aromatic N) is 1. The first-order valence-corrected chi connectivity index (χ1v) is 11.5. The summed E-state index contributed by atoms with van der Waals surface area (Å²) >= 11 is 0. The van der Waals surface area contributed by atoms with Crippen molar-refractivity contribution in [2.45, 2.75) is 24.7 Å². The first-order chi connectivity index (χ1) is 14.9. The number of nitrogens with one attached hydrogen (secondary N) is 1. The van der Waals surface area contributed by atoms with Crippen LogP contribution < -0.4 is 14.4 Å². The fraction of sp³-hybridized carbons (Fsp3) is 0.208. The predicted molar refractivity (Wildman–Crippen MR) is 121 cm³/mol. The number of hydrogen-bond donors (Lipinski definition) is 1. The van der Waals surface area contributed by atoms with Crippen LogP contribution in [-0.2, 0) is 16.4 Å². The molecular weight excluding hydrogens is 412 g/mol. The van der Waals surface area contributed by atoms with Crippen LogP contribution in [0, 0.1) is 6.92 Å². The zero-order valence-corrected chi connectivity index (χ0v) is 18.3. The molecule has 1 aliphatic rings. The van der Waals surface area contributed by atoms with E-state index in [2.05, 4.69) is 5.32 Å². The smallest absolute Gasteiger partial charge is 0.264 e. The monoisotopic (exact) mass is 436 g/mol. The summed E-state index contributed by atoms with van der Waals surface area (Å²) in [7, 11) is -2.15. The Kier molecular flexibility index (Phi) is 5.69. The summed E-state index contributed by atoms with van der Waals surface area (Å²) in [5, 5.41) is 2.86. The molecule has 1 N–H and O–H groups in total. The Hall–Kier alpha value is -3.32. The highest BCUT2D eigenvalue weighted by Crippen LogP contribution is 2.34. The lowest BCUT2D eigenvalue weighted by atomic mass is 10.0. The molecule has 1 amide bonds. The molecule has 0 aliphatic carbocycles. The number of carbonyl (C=O) groups excluding carboxylic acids is 1. The third kappa shape index (κ3) is 4.27. The Morgan fingerprint density at radius 2 is 1.81 bits per heavy atom. The fourth-order valence-electron chi connectivity index (χ4n) is 3.67. The molecule has 0 radical (unpaired) electrons. The summed E-state index contributed by atoms with van der Waals surface area (Å²) in [6.45, 7) is 2.32. The van der Waals surface area contributed by atoms with Crippen LogP contribution >= 0.6 is 0 Å². The minimum Gasteiger partial charge on any atom is -0.497 e. The molecule has 0 saturated heterocycles. The number of methoxy groups -OCH3 is 1. The van der Waals surface area contributed by atoms with E-state index in [9.17, 15) is 13.2 Å². The molecule has 0 fully saturated rings. The zero-order chi connectivity index (χ0) is 22.0. The number of ether oxygens (including phenoxy) is 1. The van der Waals surface area contributed by atoms with E-state index < -0.39 is 10.0 Å². The molecule has 0 bridgehead atoms. The van der Waals surface area contributed by atoms with E-state index in [0.29, 0.717) is 29.2 Å². The number of aryl methyl sites for hydroxylation is 2. The molecule has 0 aromatic heterocycles. The topological polar surface area (TPSA) is 75.7 Å². The van der Waals surface area contributed by atoms with Crippen LogP contribution in [0.25, 0.3) is 0 Å². The van der Waals surface area contributed by atoms with Crippen LogP contribution in [-0.4, -0.2) is 28.0 Å². The van der Waals surface area contributed by atoms with Crippen LogP contribution in [0.3, 0.4) is 0 Å². The number of rotatable bonds is 5. The molecule has 3 aromatic rings. The van der Waals surface area contributed by atoms with Crippen molar-refractivity contribution in [3.8, 4) is 5.75 Å². The Morgan fingerprint density at radius 1 is 1.03 bits per heavy atom. The van der Waals surface area contributed by atoms with E-state index in [1.54, 1.807) is 67.8 Å². The maximum Gasteiger partial charge on any atom is 0.264 e. The molecule has 0 unspecified atom stereocenters. The molecule has 160 valence electrons. The van der Waals surface area contributed by atoms with Crippen molar-refractivity contribution in [3.63, 3.8) is 0 Å². The van der Waals surface area contributed by atoms with Gasteiger partial charge >= 0.3 is 0 Å². The Bertz CT molecular complexity index is 1220. The fourth-order valence-corrected chi connectivity index (χ4v) is 5.21. The number of carbonyl (C=O) groups is 1. The number of sulfonamides is 1. The van der Waals surface area contributed by atoms with Crippen LogP contribution in [0.4, 0.5) is 11.4 Å². The molecule has 3 aromatic carbocycles. The number of hydrogen-bond acceptors (Lipinski definition) is 4. The molecule has 1 heterocycles. The highest BCUT2D eigenvalue weighted by atomic mass is 32.2. The number of fused-ring (bicyclic) bond motifs is 1. The summed E-state index contributed by atoms with van der Waals surface area (Å²) < 4.78 is 33.2. The van der Waals surface area contributed by atoms with Crippen LogP contribution in [0.15, 0.2) is 71.6 Å². The number of amides is 1. The molecular formula is C24H24N2O4S. The van der Waals surface area contributed by atoms with Gasteiger partial charge in [0.2, 0.25) is 0 Å². The second kappa shape index (κ2) is 8.43. The maximum absolute atomic E-state index is 13.3. The van der Waals surface area contributed by atoms with Gasteiger partial charge in [-0.1, -0.05) is 29.8 Å². The third-order valence-electron chi connectivity index (χ3n) is 5.36. The lowest BCUT2D eigenvalue weighted by Crippen LogP contribution is -2.35. The standard InChI is InChI=1S/C24H24N2O4S/c1-17-8-12-22(13-9-17)31(28,29)26-14-4-6-18-10-11-20(16-23(18)26)25-24(27)19-5-3-7-21(15-19)30-2/h3,5,7-13,15-16H,4,6,14H2,1-2H3,(H,25,27). The second-order valence-corrected chi connectivity index (χ2v) is 9.39. The van der Waals surface area contributed by atoms with Gasteiger partial charge in [0, 0.05) is 17.8 Å². The molecule has 0 spiro atoms. The summed E-state index contributed by atoms with van der Waals surface area (Å²) in [5.41, 5.74) is 3.55. The number of anilines is 2. The van der Waals surface area contributed by atoms with E-state index in [-0.39, 0.29) is 10.8 Å². The van der Waals surface area contributed by atoms with Gasteiger partial charge in [0.15, 0.2) is 0 Å². The van der Waals surface area contributed by atoms with Crippen LogP contribution in [0.5, 0.6) is 5.75 Å². The van der Waals surface area contributed by atoms with Crippen molar-refractivity contribution in [1.29, 1.82) is 0 Å². The summed E-state index contributed by atoms with van der Waals surface area (Å²) in [6, 6.07) is 19.1. The van der Waals surface area contributed by atoms with Gasteiger partial charge in [0.1, 0.15) is 5.75 Å². The van der Waals surface area contributed by atoms with E-state index in [0.717, 1.165) is 24.0 Å². The highest BCUT2D eigenvalue weighted by molar-refractivity contribution is 7.92. The van der Waals surface area contributed by atoms with Crippen molar-refractivity contribution < 1.29 is 17.9 Å². The average Bonchev–Trinajstić information content (AvgIpc) is 2.79. The maximum atomic E-state index is 13.3. The third-order valence-corrected chi connectivity index (χ3v) is 7.19. The van der Waals surface area contributed by atoms with Gasteiger partial charge in [-0.25, -0.2) is 8.42 Å². The van der Waals surface area contributed by atoms with Gasteiger partial charge in [0.05, 0.1) is 17.7 Å². The van der Waals surface area contributed by atoms with Crippen molar-refractivity contribution >= 4 is 27.3 Å². The van der Waals surface area contributed by atoms with Gasteiger partial charge in [-0.05, 0) is 67.8 Å². The van der Waals surface area contributed by atoms with Gasteiger partial charge in [-0.3, -0.25) is 9.10 Å². The largest absolute Gasteiger partial charge is 0.497 e. The molecule has 0 saturated carbocycles. The summed E-state index contributed by atoms with van der Waals surface area (Å²) in [4.78, 5) is 12.9. The minimum absolute atomic E-state index is 0.261. The second-order valence-electron chi connectivity index (χ2n) is 7.52. The first-order valence-electron chi connectivity index (χ1n) is 10.1. The molecule has 0 atom stereocenters. The van der Waals surface area contributed by atoms with Gasteiger partial charge in [-0.15, -0.1) is 0 Å². The first kappa shape index (κ1) is 20.9. The van der Waals surface area contributed by atoms with E-state index in [1.165, 1.54) is 4.31 Å². The Morgan fingerprint density at radius 3 is 2.55 bits per heavy atom. The molecule has 6 nitrogen and oxygen atoms in total. The van der Waals surface area contributed by atoms with Crippen LogP contribution in [0.1, 0.15) is 27.9 Å². The van der Waals surface area contributed by atoms with E-state index in [4.69, 9.17) is 4.74 Å². The quantitative estimate of drug-likeness (QED) is 0.643. The van der Waals surface area contributed by atoms with Crippen molar-refractivity contribution in [2.24, 2.45) is 0 Å². The number of benzene rings is 3. The lowest BCUT2D eigenvalue weighted by Gasteiger charge is -2.31. The van der Waals surface area contributed by atoms with Crippen LogP contribution in [0.2, 0.25) is 0 Å². The molecule has 1 aliphatic heterocycles. The average molecular weight is 437 g/mol. The van der Waals surface area contributed by atoms with E-state index >= 15 is 0 Å². The van der Waals surface area contributed by atoms with Gasteiger partial charge in [0.25, 0.3) is 15.9 Å².